The molecule has 1 fully saturated rings. The van der Waals surface area contributed by atoms with E-state index in [1.807, 2.05) is 4.68 Å². The summed E-state index contributed by atoms with van der Waals surface area (Å²) in [7, 11) is 0. The van der Waals surface area contributed by atoms with Crippen LogP contribution in [-0.2, 0) is 0 Å². The lowest BCUT2D eigenvalue weighted by Crippen LogP contribution is -2.43. The van der Waals surface area contributed by atoms with Crippen molar-refractivity contribution >= 4 is 24.8 Å². The average Bonchev–Trinajstić information content (AvgIpc) is 2.11. The van der Waals surface area contributed by atoms with Crippen molar-refractivity contribution in [2.75, 3.05) is 13.1 Å². The zero-order valence-electron chi connectivity index (χ0n) is 5.80. The molecule has 64 valence electrons. The lowest BCUT2D eigenvalue weighted by Gasteiger charge is -2.26. The Morgan fingerprint density at radius 2 is 2.09 bits per heavy atom. The summed E-state index contributed by atoms with van der Waals surface area (Å²) in [6.45, 7) is 2.06. The van der Waals surface area contributed by atoms with Crippen molar-refractivity contribution in [1.82, 2.24) is 20.1 Å². The molecule has 2 heterocycles. The number of hydrogen-bond donors (Lipinski definition) is 1. The number of hydrogen-bond acceptors (Lipinski definition) is 3. The van der Waals surface area contributed by atoms with E-state index in [9.17, 15) is 0 Å². The molecule has 1 N–H and O–H groups in total. The first-order valence-corrected chi connectivity index (χ1v) is 3.01. The van der Waals surface area contributed by atoms with E-state index >= 15 is 0 Å². The van der Waals surface area contributed by atoms with Gasteiger partial charge in [-0.05, 0) is 0 Å². The molecule has 4 nitrogen and oxygen atoms in total. The van der Waals surface area contributed by atoms with E-state index in [4.69, 9.17) is 0 Å². The van der Waals surface area contributed by atoms with E-state index in [-0.39, 0.29) is 24.8 Å². The predicted molar refractivity (Wildman–Crippen MR) is 46.4 cm³/mol. The van der Waals surface area contributed by atoms with Crippen molar-refractivity contribution in [1.29, 1.82) is 0 Å². The van der Waals surface area contributed by atoms with Crippen molar-refractivity contribution in [3.63, 3.8) is 0 Å². The molecule has 0 aliphatic carbocycles. The third-order valence-corrected chi connectivity index (χ3v) is 1.57. The standard InChI is InChI=1S/C5H8N4.2ClH/c1-5(2-6-1)9-4-7-3-8-9;;/h3-6H,1-2H2;2*1H. The zero-order valence-corrected chi connectivity index (χ0v) is 7.44. The van der Waals surface area contributed by atoms with Crippen molar-refractivity contribution < 1.29 is 0 Å². The molecule has 1 saturated heterocycles. The Morgan fingerprint density at radius 1 is 1.36 bits per heavy atom. The second kappa shape index (κ2) is 4.54. The minimum absolute atomic E-state index is 0. The van der Waals surface area contributed by atoms with Gasteiger partial charge in [-0.3, -0.25) is 0 Å². The van der Waals surface area contributed by atoms with Gasteiger partial charge in [-0.1, -0.05) is 0 Å². The summed E-state index contributed by atoms with van der Waals surface area (Å²) in [5, 5.41) is 7.16. The molecular formula is C5H10Cl2N4. The van der Waals surface area contributed by atoms with Gasteiger partial charge in [0.2, 0.25) is 0 Å². The van der Waals surface area contributed by atoms with E-state index in [2.05, 4.69) is 15.4 Å². The second-order valence-electron chi connectivity index (χ2n) is 2.19. The zero-order chi connectivity index (χ0) is 6.10. The van der Waals surface area contributed by atoms with Gasteiger partial charge < -0.3 is 5.32 Å². The van der Waals surface area contributed by atoms with Crippen LogP contribution in [0.25, 0.3) is 0 Å². The van der Waals surface area contributed by atoms with Gasteiger partial charge in [0.1, 0.15) is 12.7 Å². The fourth-order valence-electron chi connectivity index (χ4n) is 0.866. The maximum Gasteiger partial charge on any atom is 0.137 e. The minimum Gasteiger partial charge on any atom is -0.312 e. The van der Waals surface area contributed by atoms with E-state index < -0.39 is 0 Å². The predicted octanol–water partition coefficient (Wildman–Crippen LogP) is 0.266. The van der Waals surface area contributed by atoms with Crippen molar-refractivity contribution in [2.24, 2.45) is 0 Å². The molecule has 1 aliphatic rings. The summed E-state index contributed by atoms with van der Waals surface area (Å²) in [6.07, 6.45) is 3.32. The number of halogens is 2. The number of nitrogens with one attached hydrogen (secondary N) is 1. The fourth-order valence-corrected chi connectivity index (χ4v) is 0.866. The summed E-state index contributed by atoms with van der Waals surface area (Å²) in [4.78, 5) is 3.85. The van der Waals surface area contributed by atoms with Crippen LogP contribution in [-0.4, -0.2) is 27.9 Å². The van der Waals surface area contributed by atoms with Crippen LogP contribution >= 0.6 is 24.8 Å². The Hall–Kier alpha value is -0.320. The lowest BCUT2D eigenvalue weighted by molar-refractivity contribution is 0.317. The molecule has 0 unspecified atom stereocenters. The highest BCUT2D eigenvalue weighted by Crippen LogP contribution is 2.06. The highest BCUT2D eigenvalue weighted by Gasteiger charge is 2.18. The van der Waals surface area contributed by atoms with Crippen molar-refractivity contribution in [3.05, 3.63) is 12.7 Å². The Bertz CT molecular complexity index is 184. The Kier molecular flexibility index (Phi) is 4.40. The third kappa shape index (κ3) is 2.05. The Balaban J connectivity index is 0.000000500. The first kappa shape index (κ1) is 10.7. The monoisotopic (exact) mass is 196 g/mol. The molecule has 1 aromatic rings. The molecule has 0 spiro atoms. The van der Waals surface area contributed by atoms with Gasteiger partial charge >= 0.3 is 0 Å². The third-order valence-electron chi connectivity index (χ3n) is 1.57. The maximum atomic E-state index is 4.00. The first-order valence-electron chi connectivity index (χ1n) is 3.01. The van der Waals surface area contributed by atoms with E-state index in [0.29, 0.717) is 6.04 Å². The molecule has 0 atom stereocenters. The summed E-state index contributed by atoms with van der Waals surface area (Å²) in [5.41, 5.74) is 0. The summed E-state index contributed by atoms with van der Waals surface area (Å²) >= 11 is 0. The molecule has 1 aromatic heterocycles. The Labute approximate surface area is 77.2 Å². The van der Waals surface area contributed by atoms with E-state index in [1.165, 1.54) is 0 Å². The van der Waals surface area contributed by atoms with E-state index in [0.717, 1.165) is 13.1 Å². The SMILES string of the molecule is Cl.Cl.c1ncn(C2CNC2)n1. The maximum absolute atomic E-state index is 4.00. The molecule has 1 aliphatic heterocycles. The van der Waals surface area contributed by atoms with Crippen LogP contribution in [0.3, 0.4) is 0 Å². The van der Waals surface area contributed by atoms with Crippen molar-refractivity contribution in [2.45, 2.75) is 6.04 Å². The normalized spacial score (nSPS) is 16.0. The smallest absolute Gasteiger partial charge is 0.137 e. The summed E-state index contributed by atoms with van der Waals surface area (Å²) < 4.78 is 1.89. The van der Waals surface area contributed by atoms with Gasteiger partial charge in [-0.25, -0.2) is 9.67 Å². The minimum atomic E-state index is 0. The summed E-state index contributed by atoms with van der Waals surface area (Å²) in [5.74, 6) is 0. The molecule has 0 amide bonds. The highest BCUT2D eigenvalue weighted by molar-refractivity contribution is 5.85. The van der Waals surface area contributed by atoms with Gasteiger partial charge in [0.05, 0.1) is 6.04 Å². The van der Waals surface area contributed by atoms with Gasteiger partial charge in [0.15, 0.2) is 0 Å². The molecule has 0 bridgehead atoms. The average molecular weight is 197 g/mol. The largest absolute Gasteiger partial charge is 0.312 e. The molecule has 0 aromatic carbocycles. The van der Waals surface area contributed by atoms with Gasteiger partial charge in [0.25, 0.3) is 0 Å². The Morgan fingerprint density at radius 3 is 2.45 bits per heavy atom. The van der Waals surface area contributed by atoms with Crippen molar-refractivity contribution in [3.8, 4) is 0 Å². The van der Waals surface area contributed by atoms with Crippen LogP contribution in [0.15, 0.2) is 12.7 Å². The van der Waals surface area contributed by atoms with Gasteiger partial charge in [-0.15, -0.1) is 24.8 Å². The molecule has 0 saturated carbocycles. The summed E-state index contributed by atoms with van der Waals surface area (Å²) in [6, 6.07) is 0.549. The van der Waals surface area contributed by atoms with Gasteiger partial charge in [-0.2, -0.15) is 5.10 Å². The van der Waals surface area contributed by atoms with Crippen LogP contribution in [0.2, 0.25) is 0 Å². The van der Waals surface area contributed by atoms with Gasteiger partial charge in [0, 0.05) is 13.1 Å². The molecule has 6 heteroatoms. The van der Waals surface area contributed by atoms with Crippen LogP contribution in [0, 0.1) is 0 Å². The number of rotatable bonds is 1. The quantitative estimate of drug-likeness (QED) is 0.702. The van der Waals surface area contributed by atoms with Crippen LogP contribution in [0.1, 0.15) is 6.04 Å². The highest BCUT2D eigenvalue weighted by atomic mass is 35.5. The lowest BCUT2D eigenvalue weighted by atomic mass is 10.2. The fraction of sp³-hybridized carbons (Fsp3) is 0.600. The number of aromatic nitrogens is 3. The van der Waals surface area contributed by atoms with Crippen LogP contribution < -0.4 is 5.32 Å². The van der Waals surface area contributed by atoms with E-state index in [1.54, 1.807) is 12.7 Å². The molecular weight excluding hydrogens is 187 g/mol. The number of nitrogens with zero attached hydrogens (tertiary/aromatic N) is 3. The topological polar surface area (TPSA) is 42.7 Å². The van der Waals surface area contributed by atoms with Crippen LogP contribution in [0.4, 0.5) is 0 Å². The second-order valence-corrected chi connectivity index (χ2v) is 2.19. The first-order chi connectivity index (χ1) is 4.47. The molecule has 0 radical (unpaired) electrons. The van der Waals surface area contributed by atoms with Crippen LogP contribution in [0.5, 0.6) is 0 Å². The molecule has 2 rings (SSSR count). The molecule has 11 heavy (non-hydrogen) atoms.